The van der Waals surface area contributed by atoms with Crippen LogP contribution in [0.2, 0.25) is 0 Å². The monoisotopic (exact) mass is 576 g/mol. The van der Waals surface area contributed by atoms with E-state index in [9.17, 15) is 4.79 Å². The van der Waals surface area contributed by atoms with E-state index in [0.717, 1.165) is 71.3 Å². The smallest absolute Gasteiger partial charge is 0.412 e. The fraction of sp³-hybridized carbons (Fsp3) is 0.667. The Kier molecular flexibility index (Phi) is 14.4. The maximum absolute atomic E-state index is 11.8. The molecule has 9 heteroatoms. The molecule has 8 nitrogen and oxygen atoms in total. The maximum atomic E-state index is 11.8. The molecule has 0 radical (unpaired) electrons. The Bertz CT molecular complexity index is 701. The van der Waals surface area contributed by atoms with Gasteiger partial charge < -0.3 is 24.8 Å². The Balaban J connectivity index is 0.00000544. The second-order valence-corrected chi connectivity index (χ2v) is 8.92. The van der Waals surface area contributed by atoms with Crippen LogP contribution in [0.25, 0.3) is 0 Å². The summed E-state index contributed by atoms with van der Waals surface area (Å²) in [4.78, 5) is 16.5. The fourth-order valence-corrected chi connectivity index (χ4v) is 3.17. The quantitative estimate of drug-likeness (QED) is 0.158. The first-order chi connectivity index (χ1) is 15.4. The summed E-state index contributed by atoms with van der Waals surface area (Å²) in [5.74, 6) is 1.37. The van der Waals surface area contributed by atoms with Crippen LogP contribution in [0, 0.1) is 5.92 Å². The van der Waals surface area contributed by atoms with Crippen LogP contribution in [0.1, 0.15) is 46.1 Å². The second kappa shape index (κ2) is 16.1. The van der Waals surface area contributed by atoms with Gasteiger partial charge in [0, 0.05) is 44.5 Å². The van der Waals surface area contributed by atoms with Crippen LogP contribution < -0.4 is 16.0 Å². The van der Waals surface area contributed by atoms with E-state index in [1.165, 1.54) is 5.56 Å². The summed E-state index contributed by atoms with van der Waals surface area (Å²) in [5.41, 5.74) is 1.38. The molecule has 1 saturated heterocycles. The van der Waals surface area contributed by atoms with Gasteiger partial charge in [-0.25, -0.2) is 4.79 Å². The van der Waals surface area contributed by atoms with Gasteiger partial charge in [-0.05, 0) is 64.7 Å². The van der Waals surface area contributed by atoms with Crippen molar-refractivity contribution in [3.8, 4) is 0 Å². The van der Waals surface area contributed by atoms with Gasteiger partial charge >= 0.3 is 6.09 Å². The van der Waals surface area contributed by atoms with Gasteiger partial charge in [-0.2, -0.15) is 0 Å². The minimum absolute atomic E-state index is 0. The molecule has 1 heterocycles. The number of benzene rings is 1. The molecule has 3 N–H and O–H groups in total. The highest BCUT2D eigenvalue weighted by molar-refractivity contribution is 14.0. The zero-order chi connectivity index (χ0) is 23.2. The average molecular weight is 577 g/mol. The lowest BCUT2D eigenvalue weighted by Crippen LogP contribution is -2.38. The van der Waals surface area contributed by atoms with Crippen molar-refractivity contribution in [2.24, 2.45) is 10.9 Å². The summed E-state index contributed by atoms with van der Waals surface area (Å²) in [6, 6.07) is 7.78. The zero-order valence-electron chi connectivity index (χ0n) is 20.4. The minimum atomic E-state index is -0.514. The Labute approximate surface area is 215 Å². The number of nitrogens with zero attached hydrogens (tertiary/aromatic N) is 1. The van der Waals surface area contributed by atoms with Crippen molar-refractivity contribution in [1.82, 2.24) is 10.6 Å². The Morgan fingerprint density at radius 3 is 2.61 bits per heavy atom. The molecular weight excluding hydrogens is 535 g/mol. The van der Waals surface area contributed by atoms with Crippen molar-refractivity contribution in [2.45, 2.75) is 52.6 Å². The molecule has 188 valence electrons. The van der Waals surface area contributed by atoms with Crippen LogP contribution in [-0.4, -0.2) is 63.7 Å². The maximum Gasteiger partial charge on any atom is 0.412 e. The molecule has 1 amide bonds. The van der Waals surface area contributed by atoms with Gasteiger partial charge in [0.15, 0.2) is 5.96 Å². The molecule has 0 aliphatic carbocycles. The first-order valence-electron chi connectivity index (χ1n) is 11.6. The molecule has 1 unspecified atom stereocenters. The van der Waals surface area contributed by atoms with Crippen molar-refractivity contribution in [1.29, 1.82) is 0 Å². The number of halogens is 1. The molecule has 0 spiro atoms. The van der Waals surface area contributed by atoms with Crippen molar-refractivity contribution in [2.75, 3.05) is 51.4 Å². The first kappa shape index (κ1) is 29.4. The Hall–Kier alpha value is -1.59. The number of hydrogen-bond donors (Lipinski definition) is 3. The first-order valence-corrected chi connectivity index (χ1v) is 11.6. The predicted molar refractivity (Wildman–Crippen MR) is 144 cm³/mol. The van der Waals surface area contributed by atoms with Gasteiger partial charge in [0.2, 0.25) is 0 Å². The van der Waals surface area contributed by atoms with Crippen LogP contribution >= 0.6 is 24.0 Å². The predicted octanol–water partition coefficient (Wildman–Crippen LogP) is 4.19. The molecule has 1 fully saturated rings. The normalized spacial score (nSPS) is 16.1. The molecule has 2 rings (SSSR count). The van der Waals surface area contributed by atoms with E-state index in [1.54, 1.807) is 0 Å². The number of hydrogen-bond acceptors (Lipinski definition) is 5. The van der Waals surface area contributed by atoms with E-state index in [4.69, 9.17) is 14.2 Å². The Morgan fingerprint density at radius 2 is 1.97 bits per heavy atom. The van der Waals surface area contributed by atoms with E-state index in [-0.39, 0.29) is 24.0 Å². The molecule has 0 aromatic heterocycles. The highest BCUT2D eigenvalue weighted by atomic mass is 127. The van der Waals surface area contributed by atoms with Crippen molar-refractivity contribution < 1.29 is 19.0 Å². The molecule has 1 aliphatic heterocycles. The van der Waals surface area contributed by atoms with Crippen LogP contribution in [0.3, 0.4) is 0 Å². The lowest BCUT2D eigenvalue weighted by Gasteiger charge is -2.19. The molecule has 0 bridgehead atoms. The number of ether oxygens (including phenoxy) is 3. The summed E-state index contributed by atoms with van der Waals surface area (Å²) in [6.07, 6.45) is 2.41. The molecule has 0 saturated carbocycles. The molecule has 1 aromatic rings. The lowest BCUT2D eigenvalue weighted by atomic mass is 10.1. The number of carbonyl (C=O) groups is 1. The number of rotatable bonds is 11. The summed E-state index contributed by atoms with van der Waals surface area (Å²) in [7, 11) is 0. The molecular formula is C24H41IN4O4. The third kappa shape index (κ3) is 13.6. The van der Waals surface area contributed by atoms with E-state index in [0.29, 0.717) is 11.6 Å². The van der Waals surface area contributed by atoms with Gasteiger partial charge in [0.05, 0.1) is 13.2 Å². The SMILES string of the molecule is CCNC(=NCCCOCC1CCOC1)NCCc1ccc(NC(=O)OC(C)(C)C)cc1.I. The van der Waals surface area contributed by atoms with Crippen molar-refractivity contribution in [3.63, 3.8) is 0 Å². The van der Waals surface area contributed by atoms with Gasteiger partial charge in [0.25, 0.3) is 0 Å². The van der Waals surface area contributed by atoms with Crippen LogP contribution in [-0.2, 0) is 20.6 Å². The summed E-state index contributed by atoms with van der Waals surface area (Å²) >= 11 is 0. The summed E-state index contributed by atoms with van der Waals surface area (Å²) < 4.78 is 16.4. The molecule has 1 atom stereocenters. The van der Waals surface area contributed by atoms with E-state index >= 15 is 0 Å². The number of guanidine groups is 1. The van der Waals surface area contributed by atoms with Crippen LogP contribution in [0.5, 0.6) is 0 Å². The van der Waals surface area contributed by atoms with Crippen LogP contribution in [0.4, 0.5) is 10.5 Å². The number of anilines is 1. The Morgan fingerprint density at radius 1 is 1.21 bits per heavy atom. The molecule has 33 heavy (non-hydrogen) atoms. The molecule has 1 aromatic carbocycles. The number of aliphatic imine (C=N–C) groups is 1. The van der Waals surface area contributed by atoms with Crippen molar-refractivity contribution in [3.05, 3.63) is 29.8 Å². The lowest BCUT2D eigenvalue weighted by molar-refractivity contribution is 0.0636. The van der Waals surface area contributed by atoms with Gasteiger partial charge in [0.1, 0.15) is 5.60 Å². The standard InChI is InChI=1S/C24H40N4O4.HI/c1-5-25-22(26-13-6-15-30-17-20-12-16-31-18-20)27-14-11-19-7-9-21(10-8-19)28-23(29)32-24(2,3)4;/h7-10,20H,5-6,11-18H2,1-4H3,(H,28,29)(H2,25,26,27);1H. The van der Waals surface area contributed by atoms with Gasteiger partial charge in [-0.1, -0.05) is 12.1 Å². The number of carbonyl (C=O) groups excluding carboxylic acids is 1. The molecule has 1 aliphatic rings. The van der Waals surface area contributed by atoms with Crippen LogP contribution in [0.15, 0.2) is 29.3 Å². The summed E-state index contributed by atoms with van der Waals surface area (Å²) in [5, 5.41) is 9.39. The average Bonchev–Trinajstić information content (AvgIpc) is 3.24. The zero-order valence-corrected chi connectivity index (χ0v) is 22.8. The van der Waals surface area contributed by atoms with E-state index in [1.807, 2.05) is 45.0 Å². The largest absolute Gasteiger partial charge is 0.444 e. The highest BCUT2D eigenvalue weighted by Crippen LogP contribution is 2.13. The topological polar surface area (TPSA) is 93.2 Å². The fourth-order valence-electron chi connectivity index (χ4n) is 3.17. The van der Waals surface area contributed by atoms with E-state index < -0.39 is 11.7 Å². The third-order valence-electron chi connectivity index (χ3n) is 4.74. The van der Waals surface area contributed by atoms with Gasteiger partial charge in [-0.15, -0.1) is 24.0 Å². The van der Waals surface area contributed by atoms with Crippen molar-refractivity contribution >= 4 is 41.7 Å². The number of nitrogens with one attached hydrogen (secondary N) is 3. The van der Waals surface area contributed by atoms with E-state index in [2.05, 4.69) is 27.9 Å². The second-order valence-electron chi connectivity index (χ2n) is 8.92. The minimum Gasteiger partial charge on any atom is -0.444 e. The summed E-state index contributed by atoms with van der Waals surface area (Å²) in [6.45, 7) is 13.1. The highest BCUT2D eigenvalue weighted by Gasteiger charge is 2.16. The number of amides is 1. The van der Waals surface area contributed by atoms with Gasteiger partial charge in [-0.3, -0.25) is 10.3 Å². The third-order valence-corrected chi connectivity index (χ3v) is 4.74.